The molecule has 0 unspecified atom stereocenters. The van der Waals surface area contributed by atoms with E-state index in [2.05, 4.69) is 10.4 Å². The van der Waals surface area contributed by atoms with Crippen LogP contribution >= 0.6 is 0 Å². The summed E-state index contributed by atoms with van der Waals surface area (Å²) in [4.78, 5) is 11.8. The number of nitrogens with one attached hydrogen (secondary N) is 1. The first-order valence-electron chi connectivity index (χ1n) is 7.49. The number of carbonyl (C=O) groups excluding carboxylic acids is 1. The summed E-state index contributed by atoms with van der Waals surface area (Å²) in [5.74, 6) is 0.0447. The van der Waals surface area contributed by atoms with Crippen molar-refractivity contribution in [3.05, 3.63) is 47.3 Å². The number of benzene rings is 1. The minimum atomic E-state index is 0.0447. The van der Waals surface area contributed by atoms with Crippen molar-refractivity contribution in [2.24, 2.45) is 0 Å². The van der Waals surface area contributed by atoms with Gasteiger partial charge in [0.25, 0.3) is 0 Å². The Hall–Kier alpha value is -2.14. The third kappa shape index (κ3) is 3.95. The van der Waals surface area contributed by atoms with Crippen molar-refractivity contribution < 1.29 is 9.53 Å². The van der Waals surface area contributed by atoms with Gasteiger partial charge in [-0.1, -0.05) is 18.2 Å². The molecule has 0 aliphatic rings. The van der Waals surface area contributed by atoms with Crippen molar-refractivity contribution in [2.45, 2.75) is 26.7 Å². The molecule has 22 heavy (non-hydrogen) atoms. The molecule has 2 aromatic rings. The van der Waals surface area contributed by atoms with Gasteiger partial charge in [-0.3, -0.25) is 4.79 Å². The maximum atomic E-state index is 11.8. The minimum Gasteiger partial charge on any atom is -0.383 e. The van der Waals surface area contributed by atoms with E-state index in [1.807, 2.05) is 48.9 Å². The number of hydrogen-bond donors (Lipinski definition) is 1. The van der Waals surface area contributed by atoms with Gasteiger partial charge in [-0.2, -0.15) is 5.10 Å². The first-order chi connectivity index (χ1) is 10.6. The van der Waals surface area contributed by atoms with Crippen LogP contribution in [-0.4, -0.2) is 35.9 Å². The van der Waals surface area contributed by atoms with Gasteiger partial charge in [0.1, 0.15) is 0 Å². The van der Waals surface area contributed by atoms with Crippen molar-refractivity contribution in [1.29, 1.82) is 0 Å². The van der Waals surface area contributed by atoms with Gasteiger partial charge in [0, 0.05) is 25.8 Å². The molecule has 0 saturated heterocycles. The highest BCUT2D eigenvalue weighted by atomic mass is 16.5. The van der Waals surface area contributed by atoms with Gasteiger partial charge in [-0.15, -0.1) is 0 Å². The molecule has 2 rings (SSSR count). The van der Waals surface area contributed by atoms with E-state index in [1.165, 1.54) is 0 Å². The molecule has 0 atom stereocenters. The van der Waals surface area contributed by atoms with Crippen molar-refractivity contribution in [2.75, 3.05) is 20.3 Å². The fourth-order valence-electron chi connectivity index (χ4n) is 2.48. The number of nitrogens with zero attached hydrogens (tertiary/aromatic N) is 2. The van der Waals surface area contributed by atoms with Crippen molar-refractivity contribution >= 4 is 5.91 Å². The summed E-state index contributed by atoms with van der Waals surface area (Å²) < 4.78 is 6.86. The molecule has 118 valence electrons. The molecule has 0 radical (unpaired) electrons. The number of carbonyl (C=O) groups is 1. The summed E-state index contributed by atoms with van der Waals surface area (Å²) in [6.45, 7) is 5.13. The number of hydrogen-bond acceptors (Lipinski definition) is 3. The molecular formula is C17H23N3O2. The second-order valence-electron chi connectivity index (χ2n) is 5.24. The number of methoxy groups -OCH3 is 1. The highest BCUT2D eigenvalue weighted by Crippen LogP contribution is 2.19. The molecule has 1 heterocycles. The van der Waals surface area contributed by atoms with E-state index in [4.69, 9.17) is 4.74 Å². The van der Waals surface area contributed by atoms with Crippen LogP contribution in [-0.2, 0) is 16.0 Å². The molecule has 0 bridgehead atoms. The minimum absolute atomic E-state index is 0.0447. The first-order valence-corrected chi connectivity index (χ1v) is 7.49. The van der Waals surface area contributed by atoms with Crippen LogP contribution in [0.25, 0.3) is 5.69 Å². The van der Waals surface area contributed by atoms with Gasteiger partial charge < -0.3 is 10.1 Å². The fourth-order valence-corrected chi connectivity index (χ4v) is 2.48. The SMILES string of the molecule is COCCNC(=O)CCc1c(C)nn(-c2ccccc2)c1C. The zero-order chi connectivity index (χ0) is 15.9. The van der Waals surface area contributed by atoms with Gasteiger partial charge in [-0.25, -0.2) is 4.68 Å². The molecule has 0 aliphatic heterocycles. The lowest BCUT2D eigenvalue weighted by Gasteiger charge is -2.06. The molecule has 1 amide bonds. The van der Waals surface area contributed by atoms with Crippen LogP contribution in [0.1, 0.15) is 23.4 Å². The second-order valence-corrected chi connectivity index (χ2v) is 5.24. The van der Waals surface area contributed by atoms with E-state index < -0.39 is 0 Å². The Balaban J connectivity index is 2.03. The van der Waals surface area contributed by atoms with Gasteiger partial charge in [0.05, 0.1) is 18.0 Å². The predicted octanol–water partition coefficient (Wildman–Crippen LogP) is 2.18. The Kier molecular flexibility index (Phi) is 5.72. The molecule has 5 nitrogen and oxygen atoms in total. The standard InChI is InChI=1S/C17H23N3O2/c1-13-16(9-10-17(21)18-11-12-22-3)14(2)20(19-13)15-7-5-4-6-8-15/h4-8H,9-12H2,1-3H3,(H,18,21). The molecule has 0 spiro atoms. The molecule has 1 aromatic carbocycles. The van der Waals surface area contributed by atoms with Crippen LogP contribution < -0.4 is 5.32 Å². The Bertz CT molecular complexity index is 620. The molecule has 0 saturated carbocycles. The van der Waals surface area contributed by atoms with Crippen LogP contribution in [0.15, 0.2) is 30.3 Å². The van der Waals surface area contributed by atoms with E-state index in [-0.39, 0.29) is 5.91 Å². The maximum Gasteiger partial charge on any atom is 0.220 e. The zero-order valence-corrected chi connectivity index (χ0v) is 13.4. The molecule has 0 aliphatic carbocycles. The highest BCUT2D eigenvalue weighted by molar-refractivity contribution is 5.76. The van der Waals surface area contributed by atoms with E-state index in [9.17, 15) is 4.79 Å². The van der Waals surface area contributed by atoms with Gasteiger partial charge in [0.2, 0.25) is 5.91 Å². The zero-order valence-electron chi connectivity index (χ0n) is 13.4. The average molecular weight is 301 g/mol. The lowest BCUT2D eigenvalue weighted by atomic mass is 10.1. The number of amides is 1. The quantitative estimate of drug-likeness (QED) is 0.798. The lowest BCUT2D eigenvalue weighted by molar-refractivity contribution is -0.121. The first kappa shape index (κ1) is 16.2. The Morgan fingerprint density at radius 1 is 1.27 bits per heavy atom. The summed E-state index contributed by atoms with van der Waals surface area (Å²) in [5, 5.41) is 7.44. The van der Waals surface area contributed by atoms with Crippen LogP contribution in [0.5, 0.6) is 0 Å². The van der Waals surface area contributed by atoms with Crippen molar-refractivity contribution in [1.82, 2.24) is 15.1 Å². The van der Waals surface area contributed by atoms with E-state index in [0.29, 0.717) is 26.0 Å². The van der Waals surface area contributed by atoms with Gasteiger partial charge in [0.15, 0.2) is 0 Å². The van der Waals surface area contributed by atoms with Crippen LogP contribution in [0.2, 0.25) is 0 Å². The summed E-state index contributed by atoms with van der Waals surface area (Å²) in [7, 11) is 1.62. The molecular weight excluding hydrogens is 278 g/mol. The van der Waals surface area contributed by atoms with E-state index >= 15 is 0 Å². The molecule has 0 fully saturated rings. The van der Waals surface area contributed by atoms with Crippen molar-refractivity contribution in [3.8, 4) is 5.69 Å². The molecule has 5 heteroatoms. The number of rotatable bonds is 7. The summed E-state index contributed by atoms with van der Waals surface area (Å²) in [5.41, 5.74) is 4.25. The smallest absolute Gasteiger partial charge is 0.220 e. The van der Waals surface area contributed by atoms with Gasteiger partial charge in [-0.05, 0) is 38.0 Å². The summed E-state index contributed by atoms with van der Waals surface area (Å²) in [6.07, 6.45) is 1.16. The molecule has 1 N–H and O–H groups in total. The van der Waals surface area contributed by atoms with Gasteiger partial charge >= 0.3 is 0 Å². The van der Waals surface area contributed by atoms with Crippen molar-refractivity contribution in [3.63, 3.8) is 0 Å². The number of ether oxygens (including phenoxy) is 1. The van der Waals surface area contributed by atoms with Crippen LogP contribution in [0, 0.1) is 13.8 Å². The maximum absolute atomic E-state index is 11.8. The van der Waals surface area contributed by atoms with E-state index in [1.54, 1.807) is 7.11 Å². The normalized spacial score (nSPS) is 10.7. The second kappa shape index (κ2) is 7.75. The third-order valence-corrected chi connectivity index (χ3v) is 3.67. The summed E-state index contributed by atoms with van der Waals surface area (Å²) >= 11 is 0. The third-order valence-electron chi connectivity index (χ3n) is 3.67. The predicted molar refractivity (Wildman–Crippen MR) is 86.2 cm³/mol. The Labute approximate surface area is 131 Å². The largest absolute Gasteiger partial charge is 0.383 e. The van der Waals surface area contributed by atoms with Crippen LogP contribution in [0.4, 0.5) is 0 Å². The Morgan fingerprint density at radius 2 is 2.00 bits per heavy atom. The number of aromatic nitrogens is 2. The van der Waals surface area contributed by atoms with E-state index in [0.717, 1.165) is 22.6 Å². The number of para-hydroxylation sites is 1. The topological polar surface area (TPSA) is 56.1 Å². The Morgan fingerprint density at radius 3 is 2.68 bits per heavy atom. The molecule has 1 aromatic heterocycles. The summed E-state index contributed by atoms with van der Waals surface area (Å²) in [6, 6.07) is 10.0. The fraction of sp³-hybridized carbons (Fsp3) is 0.412. The van der Waals surface area contributed by atoms with Crippen LogP contribution in [0.3, 0.4) is 0 Å². The lowest BCUT2D eigenvalue weighted by Crippen LogP contribution is -2.27. The monoisotopic (exact) mass is 301 g/mol. The highest BCUT2D eigenvalue weighted by Gasteiger charge is 2.13. The number of aryl methyl sites for hydroxylation is 1. The average Bonchev–Trinajstić information content (AvgIpc) is 2.81.